The van der Waals surface area contributed by atoms with E-state index in [2.05, 4.69) is 10.1 Å². The molecule has 0 amide bonds. The second-order valence-electron chi connectivity index (χ2n) is 7.15. The number of aryl methyl sites for hydroxylation is 1. The zero-order valence-corrected chi connectivity index (χ0v) is 14.6. The van der Waals surface area contributed by atoms with Gasteiger partial charge in [-0.3, -0.25) is 0 Å². The molecule has 0 fully saturated rings. The van der Waals surface area contributed by atoms with E-state index in [0.29, 0.717) is 12.2 Å². The van der Waals surface area contributed by atoms with Crippen LogP contribution in [0.1, 0.15) is 61.7 Å². The molecule has 0 bridgehead atoms. The fourth-order valence-corrected chi connectivity index (χ4v) is 4.78. The first-order valence-corrected chi connectivity index (χ1v) is 9.61. The maximum Gasteiger partial charge on any atom is 0.241 e. The van der Waals surface area contributed by atoms with Crippen LogP contribution in [0.15, 0.2) is 28.8 Å². The molecule has 2 aromatic rings. The van der Waals surface area contributed by atoms with Gasteiger partial charge < -0.3 is 4.52 Å². The Morgan fingerprint density at radius 1 is 1.26 bits per heavy atom. The summed E-state index contributed by atoms with van der Waals surface area (Å²) in [6.07, 6.45) is 2.48. The lowest BCUT2D eigenvalue weighted by Crippen LogP contribution is -2.20. The first-order chi connectivity index (χ1) is 10.8. The second kappa shape index (κ2) is 5.74. The molecule has 1 heterocycles. The van der Waals surface area contributed by atoms with E-state index < -0.39 is 15.1 Å². The Morgan fingerprint density at radius 3 is 2.70 bits per heavy atom. The van der Waals surface area contributed by atoms with Crippen LogP contribution in [0.3, 0.4) is 0 Å². The molecule has 6 heteroatoms. The van der Waals surface area contributed by atoms with Crippen molar-refractivity contribution in [3.8, 4) is 0 Å². The Bertz CT molecular complexity index is 803. The Balaban J connectivity index is 1.87. The van der Waals surface area contributed by atoms with Gasteiger partial charge in [-0.1, -0.05) is 50.2 Å². The van der Waals surface area contributed by atoms with Crippen molar-refractivity contribution < 1.29 is 12.9 Å². The highest BCUT2D eigenvalue weighted by Gasteiger charge is 2.33. The van der Waals surface area contributed by atoms with E-state index >= 15 is 0 Å². The van der Waals surface area contributed by atoms with Gasteiger partial charge in [0.1, 0.15) is 5.75 Å². The summed E-state index contributed by atoms with van der Waals surface area (Å²) in [5, 5.41) is 3.44. The molecular weight excluding hydrogens is 312 g/mol. The lowest BCUT2D eigenvalue weighted by molar-refractivity contribution is 0.370. The SMILES string of the molecule is CC(C)(C)c1noc(CS(=O)(=O)[C@@H]2CCCc3ccccc32)n1. The van der Waals surface area contributed by atoms with E-state index in [-0.39, 0.29) is 17.1 Å². The summed E-state index contributed by atoms with van der Waals surface area (Å²) in [5.41, 5.74) is 1.80. The summed E-state index contributed by atoms with van der Waals surface area (Å²) < 4.78 is 30.9. The van der Waals surface area contributed by atoms with Gasteiger partial charge >= 0.3 is 0 Å². The quantitative estimate of drug-likeness (QED) is 0.860. The number of benzene rings is 1. The standard InChI is InChI=1S/C17H22N2O3S/c1-17(2,3)16-18-15(22-19-16)11-23(20,21)14-10-6-8-12-7-4-5-9-13(12)14/h4-5,7,9,14H,6,8,10-11H2,1-3H3/t14-/m1/s1. The summed E-state index contributed by atoms with van der Waals surface area (Å²) >= 11 is 0. The van der Waals surface area contributed by atoms with E-state index in [4.69, 9.17) is 4.52 Å². The monoisotopic (exact) mass is 334 g/mol. The third-order valence-corrected chi connectivity index (χ3v) is 6.22. The highest BCUT2D eigenvalue weighted by molar-refractivity contribution is 7.90. The summed E-state index contributed by atoms with van der Waals surface area (Å²) in [5.74, 6) is 0.513. The van der Waals surface area contributed by atoms with Gasteiger partial charge in [-0.2, -0.15) is 4.98 Å². The van der Waals surface area contributed by atoms with Crippen LogP contribution in [-0.2, 0) is 27.4 Å². The molecule has 1 aromatic heterocycles. The highest BCUT2D eigenvalue weighted by Crippen LogP contribution is 2.37. The lowest BCUT2D eigenvalue weighted by atomic mass is 9.91. The maximum absolute atomic E-state index is 12.8. The molecular formula is C17H22N2O3S. The maximum atomic E-state index is 12.8. The molecule has 5 nitrogen and oxygen atoms in total. The van der Waals surface area contributed by atoms with Crippen molar-refractivity contribution >= 4 is 9.84 Å². The average Bonchev–Trinajstić information content (AvgIpc) is 2.94. The minimum atomic E-state index is -3.38. The average molecular weight is 334 g/mol. The Hall–Kier alpha value is -1.69. The van der Waals surface area contributed by atoms with E-state index in [1.807, 2.05) is 45.0 Å². The zero-order chi connectivity index (χ0) is 16.7. The van der Waals surface area contributed by atoms with E-state index in [1.165, 1.54) is 0 Å². The van der Waals surface area contributed by atoms with Gasteiger partial charge in [0.25, 0.3) is 0 Å². The Kier molecular flexibility index (Phi) is 4.04. The van der Waals surface area contributed by atoms with Crippen LogP contribution in [-0.4, -0.2) is 18.6 Å². The molecule has 0 saturated heterocycles. The van der Waals surface area contributed by atoms with Gasteiger partial charge in [0, 0.05) is 5.41 Å². The van der Waals surface area contributed by atoms with Crippen LogP contribution in [0.2, 0.25) is 0 Å². The van der Waals surface area contributed by atoms with Crippen molar-refractivity contribution in [3.63, 3.8) is 0 Å². The van der Waals surface area contributed by atoms with Crippen LogP contribution >= 0.6 is 0 Å². The summed E-state index contributed by atoms with van der Waals surface area (Å²) in [6.45, 7) is 5.90. The molecule has 1 atom stereocenters. The van der Waals surface area contributed by atoms with Crippen LogP contribution in [0, 0.1) is 0 Å². The largest absolute Gasteiger partial charge is 0.338 e. The molecule has 0 aliphatic heterocycles. The number of rotatable bonds is 3. The molecule has 1 aromatic carbocycles. The Labute approximate surface area is 137 Å². The molecule has 0 unspecified atom stereocenters. The van der Waals surface area contributed by atoms with Gasteiger partial charge in [0.2, 0.25) is 5.89 Å². The molecule has 3 rings (SSSR count). The molecule has 0 spiro atoms. The van der Waals surface area contributed by atoms with Crippen molar-refractivity contribution in [3.05, 3.63) is 47.1 Å². The van der Waals surface area contributed by atoms with Gasteiger partial charge in [0.15, 0.2) is 15.7 Å². The van der Waals surface area contributed by atoms with Gasteiger partial charge in [-0.15, -0.1) is 0 Å². The first kappa shape index (κ1) is 16.2. The van der Waals surface area contributed by atoms with Crippen molar-refractivity contribution in [2.24, 2.45) is 0 Å². The third kappa shape index (κ3) is 3.32. The van der Waals surface area contributed by atoms with E-state index in [0.717, 1.165) is 24.0 Å². The fraction of sp³-hybridized carbons (Fsp3) is 0.529. The molecule has 0 radical (unpaired) electrons. The topological polar surface area (TPSA) is 73.1 Å². The van der Waals surface area contributed by atoms with Crippen LogP contribution in [0.25, 0.3) is 0 Å². The van der Waals surface area contributed by atoms with Crippen molar-refractivity contribution in [1.29, 1.82) is 0 Å². The number of aromatic nitrogens is 2. The molecule has 1 aliphatic carbocycles. The normalized spacial score (nSPS) is 18.7. The van der Waals surface area contributed by atoms with Crippen molar-refractivity contribution in [1.82, 2.24) is 10.1 Å². The number of fused-ring (bicyclic) bond motifs is 1. The molecule has 0 N–H and O–H groups in total. The Morgan fingerprint density at radius 2 is 2.00 bits per heavy atom. The number of sulfone groups is 1. The minimum absolute atomic E-state index is 0.179. The smallest absolute Gasteiger partial charge is 0.241 e. The lowest BCUT2D eigenvalue weighted by Gasteiger charge is -2.24. The zero-order valence-electron chi connectivity index (χ0n) is 13.7. The fourth-order valence-electron chi connectivity index (χ4n) is 2.97. The minimum Gasteiger partial charge on any atom is -0.338 e. The predicted molar refractivity (Wildman–Crippen MR) is 87.7 cm³/mol. The highest BCUT2D eigenvalue weighted by atomic mass is 32.2. The predicted octanol–water partition coefficient (Wildman–Crippen LogP) is 3.36. The summed E-state index contributed by atoms with van der Waals surface area (Å²) in [4.78, 5) is 4.26. The number of hydrogen-bond acceptors (Lipinski definition) is 5. The van der Waals surface area contributed by atoms with E-state index in [9.17, 15) is 8.42 Å². The number of hydrogen-bond donors (Lipinski definition) is 0. The van der Waals surface area contributed by atoms with Crippen LogP contribution < -0.4 is 0 Å². The summed E-state index contributed by atoms with van der Waals surface area (Å²) in [6, 6.07) is 7.80. The number of nitrogens with zero attached hydrogens (tertiary/aromatic N) is 2. The van der Waals surface area contributed by atoms with E-state index in [1.54, 1.807) is 0 Å². The van der Waals surface area contributed by atoms with Crippen molar-refractivity contribution in [2.45, 2.75) is 56.5 Å². The van der Waals surface area contributed by atoms with Crippen LogP contribution in [0.4, 0.5) is 0 Å². The van der Waals surface area contributed by atoms with Crippen LogP contribution in [0.5, 0.6) is 0 Å². The molecule has 124 valence electrons. The molecule has 1 aliphatic rings. The van der Waals surface area contributed by atoms with Gasteiger partial charge in [-0.05, 0) is 30.4 Å². The first-order valence-electron chi connectivity index (χ1n) is 7.90. The molecule has 0 saturated carbocycles. The third-order valence-electron chi connectivity index (χ3n) is 4.21. The van der Waals surface area contributed by atoms with Gasteiger partial charge in [0.05, 0.1) is 5.25 Å². The second-order valence-corrected chi connectivity index (χ2v) is 9.33. The molecule has 23 heavy (non-hydrogen) atoms. The van der Waals surface area contributed by atoms with Crippen molar-refractivity contribution in [2.75, 3.05) is 0 Å². The van der Waals surface area contributed by atoms with Gasteiger partial charge in [-0.25, -0.2) is 8.42 Å². The summed E-state index contributed by atoms with van der Waals surface area (Å²) in [7, 11) is -3.38.